The molecule has 0 atom stereocenters. The van der Waals surface area contributed by atoms with Gasteiger partial charge in [-0.3, -0.25) is 10.1 Å². The molecule has 0 amide bonds. The molecule has 1 N–H and O–H groups in total. The minimum absolute atomic E-state index is 0.00325. The first-order valence-corrected chi connectivity index (χ1v) is 5.21. The third-order valence-electron chi connectivity index (χ3n) is 1.85. The van der Waals surface area contributed by atoms with Crippen LogP contribution in [0.15, 0.2) is 18.0 Å². The van der Waals surface area contributed by atoms with E-state index in [2.05, 4.69) is 9.72 Å². The van der Waals surface area contributed by atoms with Gasteiger partial charge in [0.05, 0.1) is 17.1 Å². The summed E-state index contributed by atoms with van der Waals surface area (Å²) in [5, 5.41) is 20.1. The molecule has 96 valence electrons. The van der Waals surface area contributed by atoms with E-state index in [9.17, 15) is 20.0 Å². The number of hydrogen-bond donors (Lipinski definition) is 1. The van der Waals surface area contributed by atoms with Crippen LogP contribution in [-0.4, -0.2) is 27.6 Å². The number of carbonyl (C=O) groups is 1. The second kappa shape index (κ2) is 5.97. The van der Waals surface area contributed by atoms with Gasteiger partial charge in [0.15, 0.2) is 0 Å². The van der Waals surface area contributed by atoms with Crippen molar-refractivity contribution in [3.8, 4) is 0 Å². The van der Waals surface area contributed by atoms with Crippen LogP contribution in [0.4, 0.5) is 5.69 Å². The lowest BCUT2D eigenvalue weighted by atomic mass is 10.2. The van der Waals surface area contributed by atoms with Crippen molar-refractivity contribution in [2.45, 2.75) is 6.92 Å². The standard InChI is InChI=1S/C10H9ClN2O5/c1-2-18-10(15)8(14)3-6-4-9(11)12-5-7(6)13(16)17/h3-5,14H,2H2,1H3. The Morgan fingerprint density at radius 1 is 1.72 bits per heavy atom. The molecule has 0 saturated carbocycles. The van der Waals surface area contributed by atoms with Crippen molar-refractivity contribution < 1.29 is 19.6 Å². The van der Waals surface area contributed by atoms with E-state index in [0.717, 1.165) is 18.3 Å². The van der Waals surface area contributed by atoms with Gasteiger partial charge in [-0.05, 0) is 13.0 Å². The summed E-state index contributed by atoms with van der Waals surface area (Å²) in [6, 6.07) is 1.16. The number of rotatable bonds is 4. The fourth-order valence-electron chi connectivity index (χ4n) is 1.12. The zero-order valence-corrected chi connectivity index (χ0v) is 10.0. The van der Waals surface area contributed by atoms with Gasteiger partial charge in [-0.25, -0.2) is 9.78 Å². The van der Waals surface area contributed by atoms with E-state index in [4.69, 9.17) is 11.6 Å². The van der Waals surface area contributed by atoms with Crippen LogP contribution in [0.1, 0.15) is 12.5 Å². The smallest absolute Gasteiger partial charge is 0.373 e. The summed E-state index contributed by atoms with van der Waals surface area (Å²) in [6.07, 6.45) is 1.84. The Hall–Kier alpha value is -2.15. The maximum atomic E-state index is 11.2. The molecular formula is C10H9ClN2O5. The Kier molecular flexibility index (Phi) is 4.61. The first-order valence-electron chi connectivity index (χ1n) is 4.83. The number of esters is 1. The van der Waals surface area contributed by atoms with E-state index in [1.807, 2.05) is 0 Å². The zero-order valence-electron chi connectivity index (χ0n) is 9.29. The molecule has 0 radical (unpaired) electrons. The van der Waals surface area contributed by atoms with Crippen molar-refractivity contribution in [3.63, 3.8) is 0 Å². The van der Waals surface area contributed by atoms with Gasteiger partial charge in [0, 0.05) is 6.08 Å². The van der Waals surface area contributed by atoms with Crippen molar-refractivity contribution in [2.24, 2.45) is 0 Å². The minimum atomic E-state index is -0.972. The lowest BCUT2D eigenvalue weighted by Crippen LogP contribution is -2.07. The molecular weight excluding hydrogens is 264 g/mol. The average molecular weight is 273 g/mol. The second-order valence-corrected chi connectivity index (χ2v) is 3.46. The Morgan fingerprint density at radius 2 is 2.39 bits per heavy atom. The van der Waals surface area contributed by atoms with E-state index in [0.29, 0.717) is 0 Å². The molecule has 1 rings (SSSR count). The van der Waals surface area contributed by atoms with Crippen LogP contribution in [0.25, 0.3) is 6.08 Å². The molecule has 7 nitrogen and oxygen atoms in total. The van der Waals surface area contributed by atoms with Gasteiger partial charge in [-0.15, -0.1) is 0 Å². The molecule has 0 aromatic carbocycles. The molecule has 0 saturated heterocycles. The summed E-state index contributed by atoms with van der Waals surface area (Å²) in [7, 11) is 0. The molecule has 1 aromatic heterocycles. The van der Waals surface area contributed by atoms with Crippen molar-refractivity contribution >= 4 is 29.3 Å². The Morgan fingerprint density at radius 3 is 2.94 bits per heavy atom. The first kappa shape index (κ1) is 13.9. The number of carbonyl (C=O) groups excluding carboxylic acids is 1. The van der Waals surface area contributed by atoms with Gasteiger partial charge in [0.1, 0.15) is 11.3 Å². The van der Waals surface area contributed by atoms with Gasteiger partial charge in [-0.1, -0.05) is 11.6 Å². The molecule has 18 heavy (non-hydrogen) atoms. The van der Waals surface area contributed by atoms with Crippen LogP contribution in [0.2, 0.25) is 5.15 Å². The molecule has 1 heterocycles. The van der Waals surface area contributed by atoms with Crippen molar-refractivity contribution in [3.05, 3.63) is 38.9 Å². The summed E-state index contributed by atoms with van der Waals surface area (Å²) >= 11 is 5.58. The van der Waals surface area contributed by atoms with Gasteiger partial charge in [-0.2, -0.15) is 0 Å². The predicted octanol–water partition coefficient (Wildman–Crippen LogP) is 2.11. The molecule has 0 aliphatic rings. The van der Waals surface area contributed by atoms with Gasteiger partial charge >= 0.3 is 5.97 Å². The fraction of sp³-hybridized carbons (Fsp3) is 0.200. The molecule has 0 aliphatic heterocycles. The highest BCUT2D eigenvalue weighted by molar-refractivity contribution is 6.29. The molecule has 8 heteroatoms. The number of aromatic nitrogens is 1. The lowest BCUT2D eigenvalue weighted by molar-refractivity contribution is -0.385. The van der Waals surface area contributed by atoms with Crippen molar-refractivity contribution in [2.75, 3.05) is 6.61 Å². The number of aliphatic hydroxyl groups excluding tert-OH is 1. The molecule has 1 aromatic rings. The number of nitrogens with zero attached hydrogens (tertiary/aromatic N) is 2. The van der Waals surface area contributed by atoms with E-state index < -0.39 is 16.7 Å². The third kappa shape index (κ3) is 3.42. The van der Waals surface area contributed by atoms with E-state index in [1.165, 1.54) is 0 Å². The quantitative estimate of drug-likeness (QED) is 0.225. The number of halogens is 1. The Balaban J connectivity index is 3.16. The number of pyridine rings is 1. The van der Waals surface area contributed by atoms with Crippen LogP contribution in [0.5, 0.6) is 0 Å². The van der Waals surface area contributed by atoms with Crippen LogP contribution < -0.4 is 0 Å². The van der Waals surface area contributed by atoms with E-state index in [-0.39, 0.29) is 23.0 Å². The van der Waals surface area contributed by atoms with Gasteiger partial charge < -0.3 is 9.84 Å². The molecule has 0 unspecified atom stereocenters. The highest BCUT2D eigenvalue weighted by Gasteiger charge is 2.16. The largest absolute Gasteiger partial charge is 0.502 e. The lowest BCUT2D eigenvalue weighted by Gasteiger charge is -2.01. The topological polar surface area (TPSA) is 103 Å². The van der Waals surface area contributed by atoms with Gasteiger partial charge in [0.25, 0.3) is 5.69 Å². The van der Waals surface area contributed by atoms with Crippen LogP contribution in [0, 0.1) is 10.1 Å². The monoisotopic (exact) mass is 272 g/mol. The van der Waals surface area contributed by atoms with Crippen molar-refractivity contribution in [1.29, 1.82) is 0 Å². The second-order valence-electron chi connectivity index (χ2n) is 3.07. The molecule has 0 fully saturated rings. The van der Waals surface area contributed by atoms with E-state index >= 15 is 0 Å². The average Bonchev–Trinajstić information content (AvgIpc) is 2.28. The maximum Gasteiger partial charge on any atom is 0.373 e. The van der Waals surface area contributed by atoms with Gasteiger partial charge in [0.2, 0.25) is 5.76 Å². The highest BCUT2D eigenvalue weighted by atomic mass is 35.5. The van der Waals surface area contributed by atoms with Crippen molar-refractivity contribution in [1.82, 2.24) is 4.98 Å². The first-order chi connectivity index (χ1) is 8.45. The van der Waals surface area contributed by atoms with Crippen LogP contribution >= 0.6 is 11.6 Å². The molecule has 0 aliphatic carbocycles. The molecule has 0 spiro atoms. The van der Waals surface area contributed by atoms with Crippen LogP contribution in [0.3, 0.4) is 0 Å². The zero-order chi connectivity index (χ0) is 13.7. The Labute approximate surface area is 107 Å². The predicted molar refractivity (Wildman–Crippen MR) is 63.1 cm³/mol. The number of hydrogen-bond acceptors (Lipinski definition) is 6. The third-order valence-corrected chi connectivity index (χ3v) is 2.06. The highest BCUT2D eigenvalue weighted by Crippen LogP contribution is 2.22. The SMILES string of the molecule is CCOC(=O)C(O)=Cc1cc(Cl)ncc1[N+](=O)[O-]. The Bertz CT molecular complexity index is 515. The minimum Gasteiger partial charge on any atom is -0.502 e. The number of ether oxygens (including phenoxy) is 1. The normalized spacial score (nSPS) is 11.1. The maximum absolute atomic E-state index is 11.2. The number of nitro groups is 1. The summed E-state index contributed by atoms with van der Waals surface area (Å²) in [5.74, 6) is -1.72. The number of aliphatic hydroxyl groups is 1. The summed E-state index contributed by atoms with van der Waals surface area (Å²) < 4.78 is 4.53. The van der Waals surface area contributed by atoms with E-state index in [1.54, 1.807) is 6.92 Å². The molecule has 0 bridgehead atoms. The fourth-order valence-corrected chi connectivity index (χ4v) is 1.28. The van der Waals surface area contributed by atoms with Crippen LogP contribution in [-0.2, 0) is 9.53 Å². The summed E-state index contributed by atoms with van der Waals surface area (Å²) in [4.78, 5) is 24.7. The summed E-state index contributed by atoms with van der Waals surface area (Å²) in [6.45, 7) is 1.65. The summed E-state index contributed by atoms with van der Waals surface area (Å²) in [5.41, 5.74) is -0.416.